The predicted octanol–water partition coefficient (Wildman–Crippen LogP) is 2.12. The Bertz CT molecular complexity index is 2070. The van der Waals surface area contributed by atoms with Gasteiger partial charge in [0.2, 0.25) is 29.5 Å². The minimum atomic E-state index is -1.09. The summed E-state index contributed by atoms with van der Waals surface area (Å²) in [5.41, 5.74) is 3.01. The van der Waals surface area contributed by atoms with Crippen molar-refractivity contribution in [3.05, 3.63) is 114 Å². The van der Waals surface area contributed by atoms with Gasteiger partial charge < -0.3 is 35.8 Å². The van der Waals surface area contributed by atoms with E-state index in [1.807, 2.05) is 89.8 Å². The van der Waals surface area contributed by atoms with Crippen molar-refractivity contribution in [2.75, 3.05) is 26.7 Å². The molecule has 5 amide bonds. The number of ether oxygens (including phenoxy) is 1. The number of nitrogens with zero attached hydrogens (tertiary/aromatic N) is 5. The lowest BCUT2D eigenvalue weighted by Crippen LogP contribution is -2.59. The first-order valence-corrected chi connectivity index (χ1v) is 20.5. The summed E-state index contributed by atoms with van der Waals surface area (Å²) in [6.07, 6.45) is 5.29. The predicted molar refractivity (Wildman–Crippen MR) is 219 cm³/mol. The molecule has 1 aromatic heterocycles. The number of likely N-dealkylation sites (tertiary alicyclic amines) is 2. The fourth-order valence-corrected chi connectivity index (χ4v) is 7.98. The molecule has 4 aromatic rings. The number of fused-ring (bicyclic) bond motifs is 9. The lowest BCUT2D eigenvalue weighted by Gasteiger charge is -2.32. The number of benzene rings is 3. The van der Waals surface area contributed by atoms with E-state index < -0.39 is 54.0 Å². The monoisotopic (exact) mass is 803 g/mol. The Labute approximate surface area is 344 Å². The Morgan fingerprint density at radius 1 is 0.881 bits per heavy atom. The summed E-state index contributed by atoms with van der Waals surface area (Å²) in [6, 6.07) is 21.0. The highest BCUT2D eigenvalue weighted by Crippen LogP contribution is 2.29. The lowest BCUT2D eigenvalue weighted by molar-refractivity contribution is -0.142. The molecule has 3 aromatic carbocycles. The highest BCUT2D eigenvalue weighted by Gasteiger charge is 2.44. The van der Waals surface area contributed by atoms with Crippen LogP contribution in [0.5, 0.6) is 5.75 Å². The molecule has 6 bridgehead atoms. The van der Waals surface area contributed by atoms with Crippen molar-refractivity contribution < 1.29 is 28.7 Å². The zero-order valence-corrected chi connectivity index (χ0v) is 33.6. The minimum Gasteiger partial charge on any atom is -0.487 e. The van der Waals surface area contributed by atoms with Crippen LogP contribution < -0.4 is 26.0 Å². The molecule has 8 rings (SSSR count). The second-order valence-corrected chi connectivity index (χ2v) is 15.7. The third-order valence-electron chi connectivity index (χ3n) is 11.5. The molecule has 4 aliphatic rings. The van der Waals surface area contributed by atoms with Crippen molar-refractivity contribution in [2.24, 2.45) is 0 Å². The quantitative estimate of drug-likeness (QED) is 0.197. The molecule has 15 heteroatoms. The SMILES string of the molecule is CN[C@@H](C)C(=O)N[C@@H](Cc1ccccc1)C(=O)N1C[C@@H]2C[C@H]1C(=O)N[C@@H](Cc1ccccc1)C(=O)N[C@H](C(=O)N1CCCCC1)Cc1ccc(cc1)OCc1cn2nn1. The third-order valence-corrected chi connectivity index (χ3v) is 11.5. The molecule has 15 nitrogen and oxygen atoms in total. The second-order valence-electron chi connectivity index (χ2n) is 15.7. The minimum absolute atomic E-state index is 0.0900. The molecular formula is C44H53N9O6. The molecule has 4 aliphatic heterocycles. The van der Waals surface area contributed by atoms with Crippen LogP contribution in [0, 0.1) is 0 Å². The molecule has 2 saturated heterocycles. The van der Waals surface area contributed by atoms with Crippen LogP contribution in [0.2, 0.25) is 0 Å². The molecule has 0 radical (unpaired) electrons. The van der Waals surface area contributed by atoms with E-state index >= 15 is 0 Å². The number of piperidine rings is 1. The highest BCUT2D eigenvalue weighted by atomic mass is 16.5. The summed E-state index contributed by atoms with van der Waals surface area (Å²) in [5, 5.41) is 20.6. The number of carbonyl (C=O) groups is 5. The Hall–Kier alpha value is -6.09. The van der Waals surface area contributed by atoms with Crippen molar-refractivity contribution in [1.82, 2.24) is 46.1 Å². The molecule has 0 unspecified atom stereocenters. The Morgan fingerprint density at radius 2 is 1.58 bits per heavy atom. The van der Waals surface area contributed by atoms with Crippen LogP contribution in [-0.4, -0.2) is 111 Å². The number of nitrogens with one attached hydrogen (secondary N) is 4. The van der Waals surface area contributed by atoms with Gasteiger partial charge in [0.05, 0.1) is 18.3 Å². The van der Waals surface area contributed by atoms with Gasteiger partial charge in [-0.05, 0) is 62.1 Å². The zero-order chi connectivity index (χ0) is 41.3. The first-order valence-electron chi connectivity index (χ1n) is 20.5. The van der Waals surface area contributed by atoms with E-state index in [0.717, 1.165) is 36.0 Å². The zero-order valence-electron chi connectivity index (χ0n) is 33.6. The van der Waals surface area contributed by atoms with Gasteiger partial charge in [0, 0.05) is 45.3 Å². The van der Waals surface area contributed by atoms with E-state index in [2.05, 4.69) is 31.6 Å². The first kappa shape index (κ1) is 41.1. The number of likely N-dealkylation sites (N-methyl/N-ethyl adjacent to an activating group) is 1. The molecular weight excluding hydrogens is 751 g/mol. The molecule has 59 heavy (non-hydrogen) atoms. The van der Waals surface area contributed by atoms with Crippen LogP contribution >= 0.6 is 0 Å². The van der Waals surface area contributed by atoms with Crippen molar-refractivity contribution in [3.63, 3.8) is 0 Å². The van der Waals surface area contributed by atoms with Gasteiger partial charge in [-0.3, -0.25) is 24.0 Å². The summed E-state index contributed by atoms with van der Waals surface area (Å²) in [5.74, 6) is -1.45. The summed E-state index contributed by atoms with van der Waals surface area (Å²) in [4.78, 5) is 74.7. The Kier molecular flexibility index (Phi) is 13.3. The summed E-state index contributed by atoms with van der Waals surface area (Å²) >= 11 is 0. The molecule has 0 spiro atoms. The number of amides is 5. The second kappa shape index (κ2) is 19.1. The maximum absolute atomic E-state index is 14.8. The normalized spacial score (nSPS) is 22.1. The van der Waals surface area contributed by atoms with Gasteiger partial charge in [-0.2, -0.15) is 0 Å². The number of carbonyl (C=O) groups excluding carboxylic acids is 5. The van der Waals surface area contributed by atoms with E-state index in [9.17, 15) is 24.0 Å². The molecule has 4 N–H and O–H groups in total. The van der Waals surface area contributed by atoms with Gasteiger partial charge in [-0.25, -0.2) is 4.68 Å². The topological polar surface area (TPSA) is 180 Å². The Morgan fingerprint density at radius 3 is 2.27 bits per heavy atom. The average molecular weight is 804 g/mol. The first-order chi connectivity index (χ1) is 28.6. The molecule has 5 heterocycles. The van der Waals surface area contributed by atoms with Gasteiger partial charge >= 0.3 is 0 Å². The smallest absolute Gasteiger partial charge is 0.246 e. The van der Waals surface area contributed by atoms with Crippen molar-refractivity contribution in [2.45, 2.75) is 94.7 Å². The molecule has 2 fully saturated rings. The molecule has 310 valence electrons. The van der Waals surface area contributed by atoms with E-state index in [1.165, 1.54) is 4.90 Å². The van der Waals surface area contributed by atoms with E-state index in [-0.39, 0.29) is 50.6 Å². The standard InChI is InChI=1S/C44H53N9O6/c1-29(45-2)40(54)47-38(23-31-14-8-4-9-15-31)44(58)52-27-34-25-39(52)42(56)46-36(22-30-12-6-3-7-13-30)41(55)48-37(43(57)51-20-10-5-11-21-51)24-32-16-18-35(19-17-32)59-28-33-26-53(34)50-49-33/h3-4,6-9,12-19,26,29,34,36-39,45H,5,10-11,20-25,27-28H2,1-2H3,(H,46,56)(H,47,54)(H,48,55)/t29-,34-,36-,37-,38-,39-/m0/s1. The maximum atomic E-state index is 14.8. The number of hydrogen-bond donors (Lipinski definition) is 4. The van der Waals surface area contributed by atoms with Crippen LogP contribution in [0.25, 0.3) is 0 Å². The van der Waals surface area contributed by atoms with Crippen LogP contribution in [0.15, 0.2) is 91.1 Å². The third kappa shape index (κ3) is 10.3. The lowest BCUT2D eigenvalue weighted by atomic mass is 10.0. The number of hydrogen-bond acceptors (Lipinski definition) is 9. The number of rotatable bonds is 9. The van der Waals surface area contributed by atoms with Crippen LogP contribution in [0.1, 0.15) is 61.0 Å². The van der Waals surface area contributed by atoms with Gasteiger partial charge in [-0.1, -0.05) is 78.0 Å². The van der Waals surface area contributed by atoms with Crippen molar-refractivity contribution in [1.29, 1.82) is 0 Å². The Balaban J connectivity index is 1.24. The van der Waals surface area contributed by atoms with Crippen molar-refractivity contribution >= 4 is 29.5 Å². The fourth-order valence-electron chi connectivity index (χ4n) is 7.98. The number of aromatic nitrogens is 3. The maximum Gasteiger partial charge on any atom is 0.246 e. The van der Waals surface area contributed by atoms with Crippen molar-refractivity contribution in [3.8, 4) is 5.75 Å². The van der Waals surface area contributed by atoms with Gasteiger partial charge in [0.1, 0.15) is 42.2 Å². The molecule has 0 saturated carbocycles. The van der Waals surface area contributed by atoms with Crippen LogP contribution in [0.4, 0.5) is 0 Å². The molecule has 6 atom stereocenters. The fraction of sp³-hybridized carbons (Fsp3) is 0.432. The van der Waals surface area contributed by atoms with Gasteiger partial charge in [0.25, 0.3) is 0 Å². The summed E-state index contributed by atoms with van der Waals surface area (Å²) < 4.78 is 7.69. The largest absolute Gasteiger partial charge is 0.487 e. The van der Waals surface area contributed by atoms with Crippen LogP contribution in [-0.2, 0) is 49.8 Å². The van der Waals surface area contributed by atoms with E-state index in [4.69, 9.17) is 4.74 Å². The van der Waals surface area contributed by atoms with Gasteiger partial charge in [-0.15, -0.1) is 5.10 Å². The van der Waals surface area contributed by atoms with E-state index in [1.54, 1.807) is 24.9 Å². The van der Waals surface area contributed by atoms with Gasteiger partial charge in [0.15, 0.2) is 0 Å². The summed E-state index contributed by atoms with van der Waals surface area (Å²) in [7, 11) is 1.66. The summed E-state index contributed by atoms with van der Waals surface area (Å²) in [6.45, 7) is 3.14. The molecule has 0 aliphatic carbocycles. The highest BCUT2D eigenvalue weighted by molar-refractivity contribution is 5.96. The van der Waals surface area contributed by atoms with Crippen LogP contribution in [0.3, 0.4) is 0 Å². The van der Waals surface area contributed by atoms with E-state index in [0.29, 0.717) is 24.5 Å². The average Bonchev–Trinajstić information content (AvgIpc) is 3.94.